The number of hydrogen-bond donors (Lipinski definition) is 3. The first kappa shape index (κ1) is 23.5. The quantitative estimate of drug-likeness (QED) is 0.544. The molecule has 5 saturated carbocycles. The molecule has 1 aromatic carbocycles. The van der Waals surface area contributed by atoms with Crippen LogP contribution < -0.4 is 16.4 Å². The largest absolute Gasteiger partial charge is 0.354 e. The van der Waals surface area contributed by atoms with Crippen LogP contribution in [0.3, 0.4) is 0 Å². The summed E-state index contributed by atoms with van der Waals surface area (Å²) >= 11 is 0. The monoisotopic (exact) mass is 494 g/mol. The van der Waals surface area contributed by atoms with Gasteiger partial charge in [-0.25, -0.2) is 8.78 Å². The van der Waals surface area contributed by atoms with Gasteiger partial charge in [0.05, 0.1) is 10.8 Å². The third kappa shape index (κ3) is 3.90. The van der Waals surface area contributed by atoms with Gasteiger partial charge in [-0.2, -0.15) is 0 Å². The third-order valence-corrected chi connectivity index (χ3v) is 9.42. The van der Waals surface area contributed by atoms with Gasteiger partial charge in [0, 0.05) is 30.7 Å². The Morgan fingerprint density at radius 3 is 2.33 bits per heavy atom. The molecule has 0 aliphatic heterocycles. The zero-order chi connectivity index (χ0) is 25.1. The molecule has 4 N–H and O–H groups in total. The summed E-state index contributed by atoms with van der Waals surface area (Å²) in [6.45, 7) is 0.350. The van der Waals surface area contributed by atoms with Gasteiger partial charge in [-0.1, -0.05) is 6.07 Å². The highest BCUT2D eigenvalue weighted by atomic mass is 19.2. The van der Waals surface area contributed by atoms with Crippen molar-refractivity contribution in [2.75, 3.05) is 11.9 Å². The van der Waals surface area contributed by atoms with E-state index in [1.165, 1.54) is 6.07 Å². The van der Waals surface area contributed by atoms with E-state index in [1.54, 1.807) is 12.4 Å². The maximum absolute atomic E-state index is 13.8. The molecule has 0 radical (unpaired) electrons. The first-order chi connectivity index (χ1) is 17.3. The Bertz CT molecular complexity index is 1170. The summed E-state index contributed by atoms with van der Waals surface area (Å²) in [5.41, 5.74) is 6.87. The molecule has 7 rings (SSSR count). The lowest BCUT2D eigenvalue weighted by molar-refractivity contribution is -0.149. The van der Waals surface area contributed by atoms with E-state index in [2.05, 4.69) is 15.6 Å². The Labute approximate surface area is 209 Å². The second-order valence-corrected chi connectivity index (χ2v) is 11.6. The average molecular weight is 495 g/mol. The Kier molecular flexibility index (Phi) is 5.63. The van der Waals surface area contributed by atoms with Gasteiger partial charge in [-0.3, -0.25) is 14.6 Å². The van der Waals surface area contributed by atoms with Crippen LogP contribution in [0.1, 0.15) is 50.5 Å². The molecule has 1 heterocycles. The van der Waals surface area contributed by atoms with Crippen molar-refractivity contribution < 1.29 is 18.4 Å². The molecule has 5 aliphatic rings. The SMILES string of the molecule is NC(CNC(=O)C1(c2ccc(F)c(F)c2)CC1)C1C2CC3CC1CC(C(=O)Nc1ccncc1)(C3)C2. The van der Waals surface area contributed by atoms with E-state index in [1.807, 2.05) is 12.1 Å². The normalized spacial score (nSPS) is 32.1. The minimum absolute atomic E-state index is 0.107. The summed E-state index contributed by atoms with van der Waals surface area (Å²) in [6.07, 6.45) is 9.37. The number of benzene rings is 1. The molecule has 3 atom stereocenters. The maximum Gasteiger partial charge on any atom is 0.230 e. The van der Waals surface area contributed by atoms with Crippen LogP contribution in [0.2, 0.25) is 0 Å². The van der Waals surface area contributed by atoms with Gasteiger partial charge >= 0.3 is 0 Å². The van der Waals surface area contributed by atoms with E-state index in [0.29, 0.717) is 42.7 Å². The summed E-state index contributed by atoms with van der Waals surface area (Å²) in [7, 11) is 0. The van der Waals surface area contributed by atoms with E-state index in [9.17, 15) is 18.4 Å². The second kappa shape index (κ2) is 8.61. The Morgan fingerprint density at radius 1 is 1.00 bits per heavy atom. The highest BCUT2D eigenvalue weighted by molar-refractivity contribution is 5.95. The van der Waals surface area contributed by atoms with Crippen LogP contribution in [0.4, 0.5) is 14.5 Å². The van der Waals surface area contributed by atoms with Gasteiger partial charge in [-0.05, 0) is 98.4 Å². The molecule has 36 heavy (non-hydrogen) atoms. The molecule has 1 aromatic heterocycles. The molecular weight excluding hydrogens is 462 g/mol. The average Bonchev–Trinajstić information content (AvgIpc) is 3.66. The molecular formula is C28H32F2N4O2. The Balaban J connectivity index is 1.11. The van der Waals surface area contributed by atoms with Gasteiger partial charge < -0.3 is 16.4 Å². The Morgan fingerprint density at radius 2 is 1.69 bits per heavy atom. The number of nitrogens with one attached hydrogen (secondary N) is 2. The van der Waals surface area contributed by atoms with Crippen molar-refractivity contribution in [1.29, 1.82) is 0 Å². The van der Waals surface area contributed by atoms with Crippen molar-refractivity contribution in [1.82, 2.24) is 10.3 Å². The van der Waals surface area contributed by atoms with Gasteiger partial charge in [0.1, 0.15) is 0 Å². The van der Waals surface area contributed by atoms with Gasteiger partial charge in [-0.15, -0.1) is 0 Å². The van der Waals surface area contributed by atoms with Gasteiger partial charge in [0.2, 0.25) is 11.8 Å². The number of rotatable bonds is 7. The van der Waals surface area contributed by atoms with Crippen LogP contribution in [0.25, 0.3) is 0 Å². The zero-order valence-electron chi connectivity index (χ0n) is 20.2. The highest BCUT2D eigenvalue weighted by Gasteiger charge is 2.59. The third-order valence-electron chi connectivity index (χ3n) is 9.42. The number of nitrogens with two attached hydrogens (primary N) is 1. The van der Waals surface area contributed by atoms with Crippen molar-refractivity contribution in [3.05, 3.63) is 59.9 Å². The van der Waals surface area contributed by atoms with Gasteiger partial charge in [0.15, 0.2) is 11.6 Å². The number of carbonyl (C=O) groups excluding carboxylic acids is 2. The van der Waals surface area contributed by atoms with Crippen molar-refractivity contribution in [3.63, 3.8) is 0 Å². The molecule has 6 nitrogen and oxygen atoms in total. The second-order valence-electron chi connectivity index (χ2n) is 11.6. The number of pyridine rings is 1. The Hall–Kier alpha value is -2.87. The first-order valence-corrected chi connectivity index (χ1v) is 13.0. The predicted octanol–water partition coefficient (Wildman–Crippen LogP) is 3.92. The number of halogens is 2. The van der Waals surface area contributed by atoms with Crippen LogP contribution in [0.5, 0.6) is 0 Å². The van der Waals surface area contributed by atoms with E-state index in [-0.39, 0.29) is 29.2 Å². The van der Waals surface area contributed by atoms with E-state index in [0.717, 1.165) is 49.9 Å². The van der Waals surface area contributed by atoms with Crippen LogP contribution in [0.15, 0.2) is 42.7 Å². The number of carbonyl (C=O) groups is 2. The number of nitrogens with zero attached hydrogens (tertiary/aromatic N) is 1. The number of anilines is 1. The molecule has 0 spiro atoms. The molecule has 2 amide bonds. The van der Waals surface area contributed by atoms with E-state index < -0.39 is 17.0 Å². The molecule has 4 bridgehead atoms. The molecule has 2 aromatic rings. The molecule has 8 heteroatoms. The fourth-order valence-corrected chi connectivity index (χ4v) is 7.82. The minimum atomic E-state index is -0.932. The van der Waals surface area contributed by atoms with Crippen LogP contribution in [0, 0.1) is 40.7 Å². The maximum atomic E-state index is 13.8. The van der Waals surface area contributed by atoms with Crippen molar-refractivity contribution in [3.8, 4) is 0 Å². The zero-order valence-corrected chi connectivity index (χ0v) is 20.2. The number of amides is 2. The number of hydrogen-bond acceptors (Lipinski definition) is 4. The minimum Gasteiger partial charge on any atom is -0.354 e. The van der Waals surface area contributed by atoms with E-state index in [4.69, 9.17) is 5.73 Å². The summed E-state index contributed by atoms with van der Waals surface area (Å²) in [5, 5.41) is 6.14. The molecule has 3 unspecified atom stereocenters. The van der Waals surface area contributed by atoms with Crippen molar-refractivity contribution >= 4 is 17.5 Å². The lowest BCUT2D eigenvalue weighted by Gasteiger charge is -2.60. The highest BCUT2D eigenvalue weighted by Crippen LogP contribution is 2.63. The van der Waals surface area contributed by atoms with Crippen LogP contribution >= 0.6 is 0 Å². The molecule has 0 saturated heterocycles. The molecule has 5 fully saturated rings. The van der Waals surface area contributed by atoms with E-state index >= 15 is 0 Å². The lowest BCUT2D eigenvalue weighted by Crippen LogP contribution is -2.60. The van der Waals surface area contributed by atoms with Crippen LogP contribution in [-0.4, -0.2) is 29.4 Å². The summed E-state index contributed by atoms with van der Waals surface area (Å²) in [4.78, 5) is 30.5. The van der Waals surface area contributed by atoms with Crippen LogP contribution in [-0.2, 0) is 15.0 Å². The summed E-state index contributed by atoms with van der Waals surface area (Å²) in [6, 6.07) is 7.14. The lowest BCUT2D eigenvalue weighted by atomic mass is 9.45. The fourth-order valence-electron chi connectivity index (χ4n) is 7.82. The summed E-state index contributed by atoms with van der Waals surface area (Å²) in [5.74, 6) is -0.352. The number of aromatic nitrogens is 1. The topological polar surface area (TPSA) is 97.1 Å². The van der Waals surface area contributed by atoms with Crippen molar-refractivity contribution in [2.24, 2.45) is 34.8 Å². The summed E-state index contributed by atoms with van der Waals surface area (Å²) < 4.78 is 27.2. The smallest absolute Gasteiger partial charge is 0.230 e. The van der Waals surface area contributed by atoms with Crippen molar-refractivity contribution in [2.45, 2.75) is 56.4 Å². The molecule has 5 aliphatic carbocycles. The fraction of sp³-hybridized carbons (Fsp3) is 0.536. The van der Waals surface area contributed by atoms with Gasteiger partial charge in [0.25, 0.3) is 0 Å². The first-order valence-electron chi connectivity index (χ1n) is 13.0. The standard InChI is InChI=1S/C28H32F2N4O2/c29-21-2-1-19(11-22(21)30)28(5-6-28)26(36)33-15-23(31)24-17-9-16-10-18(24)14-27(12-16,13-17)25(35)34-20-3-7-32-8-4-20/h1-4,7-8,11,16-18,23-24H,5-6,9-10,12-15,31H2,(H,33,36)(H,32,34,35). The molecule has 190 valence electrons. The predicted molar refractivity (Wildman–Crippen MR) is 131 cm³/mol.